The highest BCUT2D eigenvalue weighted by Crippen LogP contribution is 2.37. The van der Waals surface area contributed by atoms with Crippen LogP contribution in [0.1, 0.15) is 30.6 Å². The van der Waals surface area contributed by atoms with Gasteiger partial charge in [0.15, 0.2) is 6.10 Å². The van der Waals surface area contributed by atoms with Crippen molar-refractivity contribution < 1.29 is 9.57 Å². The summed E-state index contributed by atoms with van der Waals surface area (Å²) < 4.78 is 6.61. The van der Waals surface area contributed by atoms with E-state index in [9.17, 15) is 0 Å². The van der Waals surface area contributed by atoms with Gasteiger partial charge in [-0.05, 0) is 71.1 Å². The van der Waals surface area contributed by atoms with E-state index in [2.05, 4.69) is 33.2 Å². The molecule has 0 amide bonds. The van der Waals surface area contributed by atoms with Crippen LogP contribution >= 0.6 is 15.9 Å². The molecule has 0 fully saturated rings. The Labute approximate surface area is 132 Å². The van der Waals surface area contributed by atoms with Crippen molar-refractivity contribution in [2.75, 3.05) is 0 Å². The molecule has 1 aliphatic carbocycles. The maximum absolute atomic E-state index is 5.86. The summed E-state index contributed by atoms with van der Waals surface area (Å²) in [5.74, 6) is 1.71. The zero-order valence-corrected chi connectivity index (χ0v) is 13.3. The molecular weight excluding hydrogens is 330 g/mol. The second-order valence-electron chi connectivity index (χ2n) is 5.00. The van der Waals surface area contributed by atoms with Crippen molar-refractivity contribution >= 4 is 20.6 Å². The lowest BCUT2D eigenvalue weighted by Gasteiger charge is -2.11. The molecule has 3 nitrogen and oxygen atoms in total. The molecule has 4 heteroatoms. The van der Waals surface area contributed by atoms with Gasteiger partial charge in [-0.15, -0.1) is 0 Å². The molecule has 1 aliphatic rings. The highest BCUT2D eigenvalue weighted by atomic mass is 79.9. The van der Waals surface area contributed by atoms with Crippen LogP contribution in [0.3, 0.4) is 0 Å². The molecular formula is C17H16BrNO2. The van der Waals surface area contributed by atoms with Gasteiger partial charge in [0.1, 0.15) is 16.1 Å². The molecule has 0 aliphatic heterocycles. The minimum atomic E-state index is 0.0401. The van der Waals surface area contributed by atoms with Gasteiger partial charge in [0.05, 0.1) is 0 Å². The third kappa shape index (κ3) is 3.45. The van der Waals surface area contributed by atoms with Crippen molar-refractivity contribution in [3.8, 4) is 11.5 Å². The van der Waals surface area contributed by atoms with Crippen molar-refractivity contribution in [2.45, 2.75) is 25.9 Å². The Morgan fingerprint density at radius 1 is 1.14 bits per heavy atom. The second kappa shape index (κ2) is 6.31. The van der Waals surface area contributed by atoms with Crippen LogP contribution in [0.2, 0.25) is 0 Å². The molecule has 2 aromatic carbocycles. The van der Waals surface area contributed by atoms with Gasteiger partial charge in [0.25, 0.3) is 0 Å². The van der Waals surface area contributed by atoms with Crippen LogP contribution in [-0.4, -0.2) is 4.62 Å². The largest absolute Gasteiger partial charge is 0.457 e. The number of hydrogen-bond acceptors (Lipinski definition) is 3. The number of rotatable bonds is 4. The number of ether oxygens (including phenoxy) is 1. The summed E-state index contributed by atoms with van der Waals surface area (Å²) in [6, 6.07) is 16.0. The number of para-hydroxylation sites is 1. The Morgan fingerprint density at radius 2 is 1.95 bits per heavy atom. The summed E-state index contributed by atoms with van der Waals surface area (Å²) in [5, 5.41) is 4.00. The third-order valence-corrected chi connectivity index (χ3v) is 3.57. The smallest absolute Gasteiger partial charge is 0.153 e. The maximum Gasteiger partial charge on any atom is 0.153 e. The second-order valence-corrected chi connectivity index (χ2v) is 6.14. The Hall–Kier alpha value is -1.81. The Morgan fingerprint density at radius 3 is 2.71 bits per heavy atom. The SMILES string of the molecule is C/C(Br)=N\OC1CCc2cc(Oc3ccccc3)ccc21. The Bertz CT molecular complexity index is 651. The van der Waals surface area contributed by atoms with Crippen LogP contribution < -0.4 is 4.74 Å². The lowest BCUT2D eigenvalue weighted by atomic mass is 10.1. The van der Waals surface area contributed by atoms with Crippen molar-refractivity contribution in [3.63, 3.8) is 0 Å². The quantitative estimate of drug-likeness (QED) is 0.562. The topological polar surface area (TPSA) is 30.8 Å². The average molecular weight is 346 g/mol. The number of aryl methyl sites for hydroxylation is 1. The molecule has 1 unspecified atom stereocenters. The highest BCUT2D eigenvalue weighted by Gasteiger charge is 2.24. The number of nitrogens with zero attached hydrogens (tertiary/aromatic N) is 1. The van der Waals surface area contributed by atoms with Crippen molar-refractivity contribution in [2.24, 2.45) is 5.16 Å². The van der Waals surface area contributed by atoms with E-state index in [4.69, 9.17) is 9.57 Å². The number of halogens is 1. The van der Waals surface area contributed by atoms with E-state index < -0.39 is 0 Å². The summed E-state index contributed by atoms with van der Waals surface area (Å²) in [5.41, 5.74) is 2.48. The van der Waals surface area contributed by atoms with E-state index >= 15 is 0 Å². The molecule has 2 aromatic rings. The van der Waals surface area contributed by atoms with Crippen LogP contribution in [0, 0.1) is 0 Å². The first-order valence-corrected chi connectivity index (χ1v) is 7.73. The fourth-order valence-corrected chi connectivity index (χ4v) is 2.57. The monoisotopic (exact) mass is 345 g/mol. The molecule has 108 valence electrons. The number of benzene rings is 2. The molecule has 0 heterocycles. The molecule has 0 aromatic heterocycles. The summed E-state index contributed by atoms with van der Waals surface area (Å²) >= 11 is 3.28. The molecule has 1 atom stereocenters. The van der Waals surface area contributed by atoms with E-state index in [1.54, 1.807) is 0 Å². The summed E-state index contributed by atoms with van der Waals surface area (Å²) in [4.78, 5) is 5.55. The van der Waals surface area contributed by atoms with Gasteiger partial charge in [-0.2, -0.15) is 0 Å². The number of hydrogen-bond donors (Lipinski definition) is 0. The van der Waals surface area contributed by atoms with Gasteiger partial charge in [-0.1, -0.05) is 29.4 Å². The zero-order chi connectivity index (χ0) is 14.7. The predicted molar refractivity (Wildman–Crippen MR) is 87.1 cm³/mol. The minimum Gasteiger partial charge on any atom is -0.457 e. The first kappa shape index (κ1) is 14.1. The fourth-order valence-electron chi connectivity index (χ4n) is 2.49. The van der Waals surface area contributed by atoms with Gasteiger partial charge < -0.3 is 9.57 Å². The van der Waals surface area contributed by atoms with Gasteiger partial charge >= 0.3 is 0 Å². The van der Waals surface area contributed by atoms with Crippen molar-refractivity contribution in [3.05, 3.63) is 59.7 Å². The van der Waals surface area contributed by atoms with Gasteiger partial charge in [-0.3, -0.25) is 0 Å². The lowest BCUT2D eigenvalue weighted by Crippen LogP contribution is -1.96. The fraction of sp³-hybridized carbons (Fsp3) is 0.235. The Balaban J connectivity index is 1.76. The highest BCUT2D eigenvalue weighted by molar-refractivity contribution is 9.18. The molecule has 21 heavy (non-hydrogen) atoms. The molecule has 0 bridgehead atoms. The maximum atomic E-state index is 5.86. The molecule has 0 saturated heterocycles. The Kier molecular flexibility index (Phi) is 4.25. The zero-order valence-electron chi connectivity index (χ0n) is 11.8. The van der Waals surface area contributed by atoms with E-state index in [-0.39, 0.29) is 6.10 Å². The van der Waals surface area contributed by atoms with Crippen LogP contribution in [0.15, 0.2) is 53.7 Å². The van der Waals surface area contributed by atoms with Gasteiger partial charge in [0, 0.05) is 0 Å². The summed E-state index contributed by atoms with van der Waals surface area (Å²) in [7, 11) is 0. The van der Waals surface area contributed by atoms with E-state index in [1.807, 2.05) is 43.3 Å². The van der Waals surface area contributed by atoms with Gasteiger partial charge in [-0.25, -0.2) is 0 Å². The number of fused-ring (bicyclic) bond motifs is 1. The third-order valence-electron chi connectivity index (χ3n) is 3.42. The number of oxime groups is 1. The summed E-state index contributed by atoms with van der Waals surface area (Å²) in [6.07, 6.45) is 1.98. The predicted octanol–water partition coefficient (Wildman–Crippen LogP) is 5.21. The van der Waals surface area contributed by atoms with Crippen LogP contribution in [0.5, 0.6) is 11.5 Å². The van der Waals surface area contributed by atoms with E-state index in [0.29, 0.717) is 0 Å². The summed E-state index contributed by atoms with van der Waals surface area (Å²) in [6.45, 7) is 1.85. The first-order chi connectivity index (χ1) is 10.2. The van der Waals surface area contributed by atoms with Gasteiger partial charge in [0.2, 0.25) is 0 Å². The lowest BCUT2D eigenvalue weighted by molar-refractivity contribution is 0.0606. The molecule has 0 N–H and O–H groups in total. The first-order valence-electron chi connectivity index (χ1n) is 6.94. The molecule has 0 saturated carbocycles. The average Bonchev–Trinajstić information content (AvgIpc) is 2.88. The van der Waals surface area contributed by atoms with Crippen molar-refractivity contribution in [1.82, 2.24) is 0 Å². The molecule has 3 rings (SSSR count). The van der Waals surface area contributed by atoms with Crippen LogP contribution in [-0.2, 0) is 11.3 Å². The minimum absolute atomic E-state index is 0.0401. The van der Waals surface area contributed by atoms with E-state index in [1.165, 1.54) is 11.1 Å². The van der Waals surface area contributed by atoms with Crippen LogP contribution in [0.25, 0.3) is 0 Å². The standard InChI is InChI=1S/C17H16BrNO2/c1-12(18)19-21-17-10-7-13-11-15(8-9-16(13)17)20-14-5-3-2-4-6-14/h2-6,8-9,11,17H,7,10H2,1H3/b19-12+. The van der Waals surface area contributed by atoms with Crippen LogP contribution in [0.4, 0.5) is 0 Å². The van der Waals surface area contributed by atoms with E-state index in [0.717, 1.165) is 29.0 Å². The molecule has 0 radical (unpaired) electrons. The molecule has 0 spiro atoms. The van der Waals surface area contributed by atoms with Crippen molar-refractivity contribution in [1.29, 1.82) is 0 Å². The normalized spacial score (nSPS) is 17.4.